The van der Waals surface area contributed by atoms with E-state index >= 15 is 0 Å². The lowest BCUT2D eigenvalue weighted by Crippen LogP contribution is -2.31. The fourth-order valence-corrected chi connectivity index (χ4v) is 3.51. The second-order valence-electron chi connectivity index (χ2n) is 7.03. The van der Waals surface area contributed by atoms with Crippen LogP contribution in [0.3, 0.4) is 0 Å². The van der Waals surface area contributed by atoms with E-state index in [0.717, 1.165) is 36.3 Å². The number of rotatable bonds is 6. The van der Waals surface area contributed by atoms with E-state index in [1.807, 2.05) is 48.2 Å². The molecule has 2 fully saturated rings. The molecule has 1 aliphatic carbocycles. The molecule has 1 unspecified atom stereocenters. The summed E-state index contributed by atoms with van der Waals surface area (Å²) >= 11 is 0. The fraction of sp³-hybridized carbons (Fsp3) is 0.476. The molecule has 25 heavy (non-hydrogen) atoms. The van der Waals surface area contributed by atoms with Crippen LogP contribution in [0.2, 0.25) is 0 Å². The van der Waals surface area contributed by atoms with E-state index in [2.05, 4.69) is 0 Å². The zero-order valence-corrected chi connectivity index (χ0v) is 14.7. The standard InChI is InChI=1S/C21H25NO3/c1-2-24-19-10-9-16-5-3-4-6-18(16)20(19)21(23)22-12-11-17(13-22)25-14-15-7-8-15/h3-6,9-10,15,17H,2,7-8,11-14H2,1H3. The fourth-order valence-electron chi connectivity index (χ4n) is 3.51. The number of carbonyl (C=O) groups excluding carboxylic acids is 1. The Morgan fingerprint density at radius 1 is 1.16 bits per heavy atom. The monoisotopic (exact) mass is 339 g/mol. The molecule has 4 nitrogen and oxygen atoms in total. The van der Waals surface area contributed by atoms with Crippen molar-refractivity contribution in [2.75, 3.05) is 26.3 Å². The van der Waals surface area contributed by atoms with Crippen LogP contribution in [-0.2, 0) is 4.74 Å². The van der Waals surface area contributed by atoms with Gasteiger partial charge in [-0.2, -0.15) is 0 Å². The summed E-state index contributed by atoms with van der Waals surface area (Å²) in [7, 11) is 0. The second kappa shape index (κ2) is 7.04. The molecule has 132 valence electrons. The molecule has 1 amide bonds. The van der Waals surface area contributed by atoms with Gasteiger partial charge in [-0.15, -0.1) is 0 Å². The normalized spacial score (nSPS) is 20.2. The zero-order chi connectivity index (χ0) is 17.2. The van der Waals surface area contributed by atoms with E-state index in [1.54, 1.807) is 0 Å². The van der Waals surface area contributed by atoms with Crippen LogP contribution in [0.1, 0.15) is 36.5 Å². The molecule has 0 radical (unpaired) electrons. The molecule has 2 aromatic rings. The van der Waals surface area contributed by atoms with Crippen molar-refractivity contribution in [2.45, 2.75) is 32.3 Å². The van der Waals surface area contributed by atoms with Crippen molar-refractivity contribution in [3.8, 4) is 5.75 Å². The molecule has 1 saturated heterocycles. The summed E-state index contributed by atoms with van der Waals surface area (Å²) in [6.45, 7) is 4.78. The van der Waals surface area contributed by atoms with E-state index in [0.29, 0.717) is 24.5 Å². The van der Waals surface area contributed by atoms with Crippen molar-refractivity contribution < 1.29 is 14.3 Å². The lowest BCUT2D eigenvalue weighted by Gasteiger charge is -2.20. The Balaban J connectivity index is 1.57. The minimum absolute atomic E-state index is 0.0535. The molecular weight excluding hydrogens is 314 g/mol. The van der Waals surface area contributed by atoms with Crippen molar-refractivity contribution in [3.63, 3.8) is 0 Å². The van der Waals surface area contributed by atoms with E-state index < -0.39 is 0 Å². The molecule has 1 saturated carbocycles. The van der Waals surface area contributed by atoms with Crippen LogP contribution in [0.5, 0.6) is 5.75 Å². The predicted molar refractivity (Wildman–Crippen MR) is 98.1 cm³/mol. The van der Waals surface area contributed by atoms with Gasteiger partial charge in [-0.25, -0.2) is 0 Å². The third-order valence-corrected chi connectivity index (χ3v) is 5.10. The predicted octanol–water partition coefficient (Wildman–Crippen LogP) is 3.88. The molecular formula is C21H25NO3. The van der Waals surface area contributed by atoms with E-state index in [1.165, 1.54) is 12.8 Å². The van der Waals surface area contributed by atoms with Crippen LogP contribution < -0.4 is 4.74 Å². The van der Waals surface area contributed by atoms with Gasteiger partial charge in [-0.05, 0) is 48.9 Å². The summed E-state index contributed by atoms with van der Waals surface area (Å²) in [6.07, 6.45) is 3.69. The van der Waals surface area contributed by atoms with Gasteiger partial charge in [-0.1, -0.05) is 30.3 Å². The first kappa shape index (κ1) is 16.4. The molecule has 1 heterocycles. The maximum Gasteiger partial charge on any atom is 0.258 e. The van der Waals surface area contributed by atoms with Gasteiger partial charge in [-0.3, -0.25) is 4.79 Å². The maximum absolute atomic E-state index is 13.2. The highest BCUT2D eigenvalue weighted by Crippen LogP contribution is 2.32. The molecule has 2 aliphatic rings. The van der Waals surface area contributed by atoms with Gasteiger partial charge < -0.3 is 14.4 Å². The van der Waals surface area contributed by atoms with Gasteiger partial charge in [0.25, 0.3) is 5.91 Å². The molecule has 1 aliphatic heterocycles. The van der Waals surface area contributed by atoms with E-state index in [-0.39, 0.29) is 12.0 Å². The summed E-state index contributed by atoms with van der Waals surface area (Å²) in [6, 6.07) is 11.9. The Morgan fingerprint density at radius 2 is 2.00 bits per heavy atom. The molecule has 0 bridgehead atoms. The Kier molecular flexibility index (Phi) is 4.62. The van der Waals surface area contributed by atoms with Crippen LogP contribution >= 0.6 is 0 Å². The van der Waals surface area contributed by atoms with Gasteiger partial charge in [0.05, 0.1) is 18.3 Å². The zero-order valence-electron chi connectivity index (χ0n) is 14.7. The van der Waals surface area contributed by atoms with Crippen molar-refractivity contribution in [1.82, 2.24) is 4.90 Å². The lowest BCUT2D eigenvalue weighted by atomic mass is 10.0. The van der Waals surface area contributed by atoms with Crippen LogP contribution in [0.4, 0.5) is 0 Å². The first-order chi connectivity index (χ1) is 12.3. The highest BCUT2D eigenvalue weighted by molar-refractivity contribution is 6.09. The Hall–Kier alpha value is -2.07. The average molecular weight is 339 g/mol. The molecule has 1 atom stereocenters. The highest BCUT2D eigenvalue weighted by Gasteiger charge is 2.31. The van der Waals surface area contributed by atoms with Crippen LogP contribution in [-0.4, -0.2) is 43.2 Å². The quantitative estimate of drug-likeness (QED) is 0.802. The van der Waals surface area contributed by atoms with Crippen molar-refractivity contribution in [2.24, 2.45) is 5.92 Å². The minimum Gasteiger partial charge on any atom is -0.493 e. The molecule has 0 spiro atoms. The number of benzene rings is 2. The molecule has 0 aromatic heterocycles. The van der Waals surface area contributed by atoms with E-state index in [9.17, 15) is 4.79 Å². The highest BCUT2D eigenvalue weighted by atomic mass is 16.5. The lowest BCUT2D eigenvalue weighted by molar-refractivity contribution is 0.0480. The maximum atomic E-state index is 13.2. The third kappa shape index (κ3) is 3.49. The largest absolute Gasteiger partial charge is 0.493 e. The van der Waals surface area contributed by atoms with Gasteiger partial charge in [0.1, 0.15) is 5.75 Å². The van der Waals surface area contributed by atoms with Crippen molar-refractivity contribution >= 4 is 16.7 Å². The van der Waals surface area contributed by atoms with Gasteiger partial charge >= 0.3 is 0 Å². The summed E-state index contributed by atoms with van der Waals surface area (Å²) in [5.74, 6) is 1.48. The van der Waals surface area contributed by atoms with E-state index in [4.69, 9.17) is 9.47 Å². The third-order valence-electron chi connectivity index (χ3n) is 5.10. The number of likely N-dealkylation sites (tertiary alicyclic amines) is 1. The van der Waals surface area contributed by atoms with Crippen LogP contribution in [0.15, 0.2) is 36.4 Å². The Labute approximate surface area is 148 Å². The molecule has 2 aromatic carbocycles. The number of carbonyl (C=O) groups is 1. The number of hydrogen-bond donors (Lipinski definition) is 0. The van der Waals surface area contributed by atoms with Crippen molar-refractivity contribution in [1.29, 1.82) is 0 Å². The van der Waals surface area contributed by atoms with Gasteiger partial charge in [0.15, 0.2) is 0 Å². The molecule has 4 rings (SSSR count). The van der Waals surface area contributed by atoms with Gasteiger partial charge in [0, 0.05) is 19.7 Å². The number of hydrogen-bond acceptors (Lipinski definition) is 3. The topological polar surface area (TPSA) is 38.8 Å². The molecule has 0 N–H and O–H groups in total. The number of ether oxygens (including phenoxy) is 2. The minimum atomic E-state index is 0.0535. The van der Waals surface area contributed by atoms with Crippen LogP contribution in [0.25, 0.3) is 10.8 Å². The summed E-state index contributed by atoms with van der Waals surface area (Å²) < 4.78 is 11.7. The summed E-state index contributed by atoms with van der Waals surface area (Å²) in [5.41, 5.74) is 0.683. The Morgan fingerprint density at radius 3 is 2.80 bits per heavy atom. The SMILES string of the molecule is CCOc1ccc2ccccc2c1C(=O)N1CCC(OCC2CC2)C1. The Bertz CT molecular complexity index is 769. The number of nitrogens with zero attached hydrogens (tertiary/aromatic N) is 1. The van der Waals surface area contributed by atoms with Gasteiger partial charge in [0.2, 0.25) is 0 Å². The van der Waals surface area contributed by atoms with Crippen LogP contribution in [0, 0.1) is 5.92 Å². The molecule has 4 heteroatoms. The summed E-state index contributed by atoms with van der Waals surface area (Å²) in [5, 5.41) is 2.02. The number of amides is 1. The smallest absolute Gasteiger partial charge is 0.258 e. The second-order valence-corrected chi connectivity index (χ2v) is 7.03. The number of fused-ring (bicyclic) bond motifs is 1. The first-order valence-electron chi connectivity index (χ1n) is 9.31. The van der Waals surface area contributed by atoms with Crippen molar-refractivity contribution in [3.05, 3.63) is 42.0 Å². The summed E-state index contributed by atoms with van der Waals surface area (Å²) in [4.78, 5) is 15.2. The average Bonchev–Trinajstić information content (AvgIpc) is 3.35. The first-order valence-corrected chi connectivity index (χ1v) is 9.31.